The van der Waals surface area contributed by atoms with Gasteiger partial charge in [0.05, 0.1) is 13.7 Å². The molecular formula is C38H53IN2O4. The van der Waals surface area contributed by atoms with Crippen LogP contribution in [0.3, 0.4) is 0 Å². The van der Waals surface area contributed by atoms with Crippen molar-refractivity contribution < 1.29 is 47.6 Å². The minimum atomic E-state index is -0.372. The molecule has 0 aliphatic rings. The van der Waals surface area contributed by atoms with Crippen LogP contribution in [0.1, 0.15) is 124 Å². The lowest BCUT2D eigenvalue weighted by Gasteiger charge is -2.21. The van der Waals surface area contributed by atoms with E-state index in [1.807, 2.05) is 42.6 Å². The number of carbonyl (C=O) groups is 2. The number of hydrogen-bond acceptors (Lipinski definition) is 4. The topological polar surface area (TPSA) is 59.7 Å². The maximum atomic E-state index is 14.0. The van der Waals surface area contributed by atoms with Crippen molar-refractivity contribution in [2.75, 3.05) is 13.7 Å². The van der Waals surface area contributed by atoms with Crippen LogP contribution < -0.4 is 38.0 Å². The molecule has 1 heterocycles. The fraction of sp³-hybridized carbons (Fsp3) is 0.500. The van der Waals surface area contributed by atoms with Gasteiger partial charge in [0.15, 0.2) is 17.7 Å². The van der Waals surface area contributed by atoms with Crippen LogP contribution in [0.15, 0.2) is 72.9 Å². The van der Waals surface area contributed by atoms with E-state index in [9.17, 15) is 9.59 Å². The lowest BCUT2D eigenvalue weighted by Crippen LogP contribution is -3.00. The number of ether oxygens (including phenoxy) is 2. The van der Waals surface area contributed by atoms with Crippen molar-refractivity contribution in [1.29, 1.82) is 0 Å². The number of pyridine rings is 1. The molecule has 0 fully saturated rings. The zero-order valence-electron chi connectivity index (χ0n) is 27.6. The highest BCUT2D eigenvalue weighted by atomic mass is 127. The van der Waals surface area contributed by atoms with Crippen molar-refractivity contribution in [2.24, 2.45) is 0 Å². The van der Waals surface area contributed by atoms with Gasteiger partial charge in [-0.15, -0.1) is 0 Å². The number of nitrogens with zero attached hydrogens (tertiary/aromatic N) is 2. The van der Waals surface area contributed by atoms with Crippen molar-refractivity contribution in [3.05, 3.63) is 89.7 Å². The SMILES string of the molecule is CCCCCCCCCCCCCCOc1cc(C(=O)N(Cc2cccc[n+]2CCC)C(=O)c2ccccc2)ccc1OC.[I-]. The molecule has 0 bridgehead atoms. The first-order chi connectivity index (χ1) is 21.6. The number of hydrogen-bond donors (Lipinski definition) is 0. The summed E-state index contributed by atoms with van der Waals surface area (Å²) in [5.41, 5.74) is 1.75. The minimum absolute atomic E-state index is 0. The van der Waals surface area contributed by atoms with Crippen LogP contribution >= 0.6 is 0 Å². The third-order valence-corrected chi connectivity index (χ3v) is 8.00. The van der Waals surface area contributed by atoms with Crippen molar-refractivity contribution in [3.63, 3.8) is 0 Å². The van der Waals surface area contributed by atoms with Crippen LogP contribution in [0.5, 0.6) is 11.5 Å². The Morgan fingerprint density at radius 1 is 0.667 bits per heavy atom. The zero-order chi connectivity index (χ0) is 31.4. The summed E-state index contributed by atoms with van der Waals surface area (Å²) in [6, 6.07) is 20.0. The summed E-state index contributed by atoms with van der Waals surface area (Å²) in [5, 5.41) is 0. The second-order valence-corrected chi connectivity index (χ2v) is 11.6. The summed E-state index contributed by atoms with van der Waals surface area (Å²) >= 11 is 0. The predicted molar refractivity (Wildman–Crippen MR) is 177 cm³/mol. The molecular weight excluding hydrogens is 675 g/mol. The monoisotopic (exact) mass is 728 g/mol. The summed E-state index contributed by atoms with van der Waals surface area (Å²) in [6.07, 6.45) is 18.3. The summed E-state index contributed by atoms with van der Waals surface area (Å²) in [4.78, 5) is 29.0. The summed E-state index contributed by atoms with van der Waals surface area (Å²) < 4.78 is 13.8. The van der Waals surface area contributed by atoms with E-state index in [2.05, 4.69) is 18.4 Å². The Hall–Kier alpha value is -2.94. The second-order valence-electron chi connectivity index (χ2n) is 11.6. The molecule has 0 saturated heterocycles. The van der Waals surface area contributed by atoms with E-state index >= 15 is 0 Å². The summed E-state index contributed by atoms with van der Waals surface area (Å²) in [7, 11) is 1.60. The first kappa shape index (κ1) is 38.2. The number of benzene rings is 2. The number of carbonyl (C=O) groups excluding carboxylic acids is 2. The van der Waals surface area contributed by atoms with Crippen LogP contribution in [0.4, 0.5) is 0 Å². The number of unbranched alkanes of at least 4 members (excludes halogenated alkanes) is 11. The number of methoxy groups -OCH3 is 1. The highest BCUT2D eigenvalue weighted by Gasteiger charge is 2.28. The molecule has 2 aromatic carbocycles. The van der Waals surface area contributed by atoms with Crippen LogP contribution in [0.2, 0.25) is 0 Å². The molecule has 0 atom stereocenters. The molecule has 246 valence electrons. The smallest absolute Gasteiger partial charge is 0.261 e. The Bertz CT molecular complexity index is 1270. The third kappa shape index (κ3) is 13.1. The molecule has 3 aromatic rings. The molecule has 0 unspecified atom stereocenters. The number of imide groups is 1. The van der Waals surface area contributed by atoms with Crippen LogP contribution in [-0.4, -0.2) is 30.4 Å². The molecule has 6 nitrogen and oxygen atoms in total. The molecule has 0 spiro atoms. The summed E-state index contributed by atoms with van der Waals surface area (Å²) in [5.74, 6) is 0.389. The molecule has 0 aliphatic carbocycles. The quantitative estimate of drug-likeness (QED) is 0.0589. The average Bonchev–Trinajstić information content (AvgIpc) is 3.06. The summed E-state index contributed by atoms with van der Waals surface area (Å²) in [6.45, 7) is 5.89. The number of aryl methyl sites for hydroxylation is 1. The fourth-order valence-electron chi connectivity index (χ4n) is 5.45. The van der Waals surface area contributed by atoms with E-state index in [4.69, 9.17) is 9.47 Å². The number of amides is 2. The highest BCUT2D eigenvalue weighted by Crippen LogP contribution is 2.29. The standard InChI is InChI=1S/C38H53N2O4.HI/c1-4-6-7-8-9-10-11-12-13-14-15-21-29-44-36-30-33(25-26-35(36)43-3)38(42)40(37(41)32-22-17-16-18-23-32)31-34-24-19-20-28-39(34)27-5-2;/h16-20,22-26,28,30H,4-15,21,27,29,31H2,1-3H3;1H/q+1;/p-1. The van der Waals surface area contributed by atoms with Gasteiger partial charge in [0, 0.05) is 29.7 Å². The highest BCUT2D eigenvalue weighted by molar-refractivity contribution is 6.10. The molecule has 0 radical (unpaired) electrons. The molecule has 45 heavy (non-hydrogen) atoms. The minimum Gasteiger partial charge on any atom is -1.00 e. The fourth-order valence-corrected chi connectivity index (χ4v) is 5.45. The van der Waals surface area contributed by atoms with E-state index in [1.54, 1.807) is 37.4 Å². The molecule has 7 heteroatoms. The predicted octanol–water partition coefficient (Wildman–Crippen LogP) is 5.96. The van der Waals surface area contributed by atoms with Gasteiger partial charge in [0.1, 0.15) is 13.1 Å². The lowest BCUT2D eigenvalue weighted by molar-refractivity contribution is -0.704. The van der Waals surface area contributed by atoms with Gasteiger partial charge in [-0.2, -0.15) is 0 Å². The molecule has 0 aliphatic heterocycles. The average molecular weight is 729 g/mol. The Kier molecular flexibility index (Phi) is 19.2. The number of rotatable bonds is 21. The van der Waals surface area contributed by atoms with Crippen molar-refractivity contribution in [2.45, 2.75) is 110 Å². The van der Waals surface area contributed by atoms with Crippen molar-refractivity contribution in [1.82, 2.24) is 4.90 Å². The van der Waals surface area contributed by atoms with Gasteiger partial charge in [0.25, 0.3) is 11.8 Å². The van der Waals surface area contributed by atoms with Gasteiger partial charge in [0.2, 0.25) is 5.69 Å². The Labute approximate surface area is 288 Å². The van der Waals surface area contributed by atoms with E-state index < -0.39 is 0 Å². The van der Waals surface area contributed by atoms with E-state index in [0.717, 1.165) is 31.5 Å². The Balaban J connectivity index is 0.00000705. The van der Waals surface area contributed by atoms with Crippen LogP contribution in [-0.2, 0) is 13.1 Å². The molecule has 3 rings (SSSR count). The molecule has 0 saturated carbocycles. The normalized spacial score (nSPS) is 10.6. The Morgan fingerprint density at radius 3 is 1.89 bits per heavy atom. The maximum absolute atomic E-state index is 14.0. The molecule has 0 N–H and O–H groups in total. The van der Waals surface area contributed by atoms with Gasteiger partial charge < -0.3 is 33.5 Å². The first-order valence-corrected chi connectivity index (χ1v) is 16.8. The van der Waals surface area contributed by atoms with Gasteiger partial charge in [-0.05, 0) is 36.8 Å². The van der Waals surface area contributed by atoms with Crippen molar-refractivity contribution >= 4 is 11.8 Å². The Morgan fingerprint density at radius 2 is 1.27 bits per heavy atom. The van der Waals surface area contributed by atoms with E-state index in [-0.39, 0.29) is 42.3 Å². The molecule has 2 amide bonds. The van der Waals surface area contributed by atoms with Crippen molar-refractivity contribution in [3.8, 4) is 11.5 Å². The third-order valence-electron chi connectivity index (χ3n) is 8.00. The number of halogens is 1. The van der Waals surface area contributed by atoms with Crippen LogP contribution in [0.25, 0.3) is 0 Å². The number of aromatic nitrogens is 1. The van der Waals surface area contributed by atoms with Gasteiger partial charge in [-0.25, -0.2) is 4.57 Å². The first-order valence-electron chi connectivity index (χ1n) is 16.8. The van der Waals surface area contributed by atoms with Gasteiger partial charge in [-0.3, -0.25) is 14.5 Å². The van der Waals surface area contributed by atoms with E-state index in [0.29, 0.717) is 29.2 Å². The zero-order valence-corrected chi connectivity index (χ0v) is 29.8. The lowest BCUT2D eigenvalue weighted by atomic mass is 10.1. The van der Waals surface area contributed by atoms with Gasteiger partial charge in [-0.1, -0.05) is 109 Å². The second kappa shape index (κ2) is 22.5. The van der Waals surface area contributed by atoms with E-state index in [1.165, 1.54) is 69.1 Å². The van der Waals surface area contributed by atoms with Crippen LogP contribution in [0, 0.1) is 0 Å². The maximum Gasteiger partial charge on any atom is 0.261 e. The molecule has 1 aromatic heterocycles. The largest absolute Gasteiger partial charge is 1.00 e. The van der Waals surface area contributed by atoms with Gasteiger partial charge >= 0.3 is 0 Å².